The number of hydrogen-bond acceptors (Lipinski definition) is 8. The molecule has 10 nitrogen and oxygen atoms in total. The van der Waals surface area contributed by atoms with E-state index in [2.05, 4.69) is 0 Å². The number of amides is 2. The molecule has 0 saturated carbocycles. The smallest absolute Gasteiger partial charge is 0.346 e. The highest BCUT2D eigenvalue weighted by Gasteiger charge is 2.43. The van der Waals surface area contributed by atoms with Crippen molar-refractivity contribution in [3.63, 3.8) is 0 Å². The Labute approximate surface area is 139 Å². The van der Waals surface area contributed by atoms with Crippen molar-refractivity contribution in [2.45, 2.75) is 51.9 Å². The van der Waals surface area contributed by atoms with Crippen LogP contribution in [0.15, 0.2) is 0 Å². The van der Waals surface area contributed by atoms with Crippen LogP contribution in [0.2, 0.25) is 0 Å². The van der Waals surface area contributed by atoms with Crippen molar-refractivity contribution < 1.29 is 34.1 Å². The molecule has 0 saturated heterocycles. The third-order valence-corrected chi connectivity index (χ3v) is 2.74. The highest BCUT2D eigenvalue weighted by Crippen LogP contribution is 2.15. The van der Waals surface area contributed by atoms with Crippen LogP contribution in [-0.2, 0) is 23.9 Å². The summed E-state index contributed by atoms with van der Waals surface area (Å²) < 4.78 is 4.95. The van der Waals surface area contributed by atoms with E-state index < -0.39 is 54.0 Å². The number of aliphatic hydroxyl groups excluding tert-OH is 1. The first-order valence-electron chi connectivity index (χ1n) is 7.20. The molecule has 0 aromatic rings. The Morgan fingerprint density at radius 3 is 2.08 bits per heavy atom. The van der Waals surface area contributed by atoms with Crippen LogP contribution in [-0.4, -0.2) is 69.2 Å². The van der Waals surface area contributed by atoms with E-state index in [1.165, 1.54) is 0 Å². The molecular weight excluding hydrogens is 322 g/mol. The Hall–Kier alpha value is -2.04. The molecule has 0 rings (SSSR count). The van der Waals surface area contributed by atoms with Crippen molar-refractivity contribution >= 4 is 23.6 Å². The van der Waals surface area contributed by atoms with Gasteiger partial charge in [0.15, 0.2) is 5.78 Å². The Kier molecular flexibility index (Phi) is 7.48. The molecule has 0 aromatic heterocycles. The van der Waals surface area contributed by atoms with Gasteiger partial charge in [0.25, 0.3) is 11.8 Å². The topological polar surface area (TPSA) is 159 Å². The third-order valence-electron chi connectivity index (χ3n) is 2.74. The number of carbonyl (C=O) groups excluding carboxylic acids is 4. The van der Waals surface area contributed by atoms with Gasteiger partial charge in [-0.05, 0) is 34.6 Å². The largest absolute Gasteiger partial charge is 0.457 e. The summed E-state index contributed by atoms with van der Waals surface area (Å²) in [5.41, 5.74) is 3.70. The lowest BCUT2D eigenvalue weighted by Crippen LogP contribution is -2.57. The Bertz CT molecular complexity index is 509. The molecule has 2 amide bonds. The van der Waals surface area contributed by atoms with Gasteiger partial charge in [-0.15, -0.1) is 0 Å². The maximum Gasteiger partial charge on any atom is 0.346 e. The van der Waals surface area contributed by atoms with E-state index in [0.29, 0.717) is 5.01 Å². The summed E-state index contributed by atoms with van der Waals surface area (Å²) in [6, 6.07) is 0. The van der Waals surface area contributed by atoms with E-state index in [-0.39, 0.29) is 0 Å². The van der Waals surface area contributed by atoms with Gasteiger partial charge in [-0.1, -0.05) is 0 Å². The zero-order valence-electron chi connectivity index (χ0n) is 14.5. The Morgan fingerprint density at radius 2 is 1.71 bits per heavy atom. The quantitative estimate of drug-likeness (QED) is 0.240. The molecule has 5 N–H and O–H groups in total. The molecular formula is C14H25N3O7. The van der Waals surface area contributed by atoms with Crippen LogP contribution < -0.4 is 11.2 Å². The maximum atomic E-state index is 12.2. The molecule has 0 heterocycles. The van der Waals surface area contributed by atoms with Crippen LogP contribution in [0.1, 0.15) is 34.6 Å². The maximum absolute atomic E-state index is 12.2. The van der Waals surface area contributed by atoms with Crippen LogP contribution in [0.5, 0.6) is 0 Å². The number of nitrogens with zero attached hydrogens (tertiary/aromatic N) is 1. The van der Waals surface area contributed by atoms with Gasteiger partial charge < -0.3 is 20.7 Å². The number of hydrogen-bond donors (Lipinski definition) is 4. The van der Waals surface area contributed by atoms with E-state index in [0.717, 1.165) is 13.8 Å². The van der Waals surface area contributed by atoms with Gasteiger partial charge >= 0.3 is 5.97 Å². The zero-order chi connectivity index (χ0) is 19.3. The highest BCUT2D eigenvalue weighted by atomic mass is 16.6. The minimum atomic E-state index is -2.53. The number of Topliss-reactive ketones (excluding diaryl/α,β-unsaturated/α-hetero) is 1. The number of nitrogens with two attached hydrogens (primary N) is 1. The molecule has 0 bridgehead atoms. The second-order valence-electron chi connectivity index (χ2n) is 6.33. The van der Waals surface area contributed by atoms with Crippen LogP contribution in [0.4, 0.5) is 0 Å². The lowest BCUT2D eigenvalue weighted by Gasteiger charge is -2.29. The normalized spacial score (nSPS) is 15.0. The average molecular weight is 347 g/mol. The molecule has 10 heteroatoms. The summed E-state index contributed by atoms with van der Waals surface area (Å²) in [7, 11) is 0. The number of carbonyl (C=O) groups is 4. The lowest BCUT2D eigenvalue weighted by molar-refractivity contribution is -0.179. The molecule has 0 aliphatic rings. The monoisotopic (exact) mass is 347 g/mol. The first-order valence-corrected chi connectivity index (χ1v) is 7.20. The first-order chi connectivity index (χ1) is 10.7. The first kappa shape index (κ1) is 22.0. The molecule has 0 unspecified atom stereocenters. The standard InChI is InChI=1S/C14H25N3O7/c1-8(18)11(21)16-17(10(20)6-15)7-9(19)14(5,23)12(22)24-13(2,3)4/h8,18,23H,6-7,15H2,1-5H3,(H,16,21)/t8-,14-/m0/s1. The lowest BCUT2D eigenvalue weighted by atomic mass is 10.0. The number of ether oxygens (including phenoxy) is 1. The van der Waals surface area contributed by atoms with Gasteiger partial charge in [-0.2, -0.15) is 0 Å². The van der Waals surface area contributed by atoms with Crippen molar-refractivity contribution in [2.24, 2.45) is 5.73 Å². The van der Waals surface area contributed by atoms with Crippen molar-refractivity contribution in [1.82, 2.24) is 10.4 Å². The minimum Gasteiger partial charge on any atom is -0.457 e. The highest BCUT2D eigenvalue weighted by molar-refractivity contribution is 6.08. The van der Waals surface area contributed by atoms with Crippen LogP contribution in [0.25, 0.3) is 0 Å². The predicted octanol–water partition coefficient (Wildman–Crippen LogP) is -2.15. The van der Waals surface area contributed by atoms with Crippen molar-refractivity contribution in [2.75, 3.05) is 13.1 Å². The van der Waals surface area contributed by atoms with Crippen molar-refractivity contribution in [1.29, 1.82) is 0 Å². The van der Waals surface area contributed by atoms with Crippen molar-refractivity contribution in [3.05, 3.63) is 0 Å². The van der Waals surface area contributed by atoms with Crippen molar-refractivity contribution in [3.8, 4) is 0 Å². The molecule has 0 radical (unpaired) electrons. The molecule has 138 valence electrons. The Morgan fingerprint density at radius 1 is 1.21 bits per heavy atom. The summed E-state index contributed by atoms with van der Waals surface area (Å²) >= 11 is 0. The third kappa shape index (κ3) is 6.60. The number of rotatable bonds is 6. The molecule has 2 atom stereocenters. The zero-order valence-corrected chi connectivity index (χ0v) is 14.5. The van der Waals surface area contributed by atoms with Gasteiger partial charge in [-0.25, -0.2) is 9.80 Å². The molecule has 0 aliphatic heterocycles. The molecule has 0 aliphatic carbocycles. The fraction of sp³-hybridized carbons (Fsp3) is 0.714. The van der Waals surface area contributed by atoms with Crippen LogP contribution >= 0.6 is 0 Å². The summed E-state index contributed by atoms with van der Waals surface area (Å²) in [4.78, 5) is 47.3. The van der Waals surface area contributed by atoms with E-state index in [9.17, 15) is 24.3 Å². The van der Waals surface area contributed by atoms with Gasteiger partial charge in [-0.3, -0.25) is 19.8 Å². The van der Waals surface area contributed by atoms with Gasteiger partial charge in [0, 0.05) is 0 Å². The van der Waals surface area contributed by atoms with E-state index in [4.69, 9.17) is 15.6 Å². The Balaban J connectivity index is 5.19. The van der Waals surface area contributed by atoms with E-state index in [1.54, 1.807) is 20.8 Å². The summed E-state index contributed by atoms with van der Waals surface area (Å²) in [5, 5.41) is 19.8. The average Bonchev–Trinajstić information content (AvgIpc) is 2.43. The van der Waals surface area contributed by atoms with E-state index in [1.807, 2.05) is 5.43 Å². The number of aliphatic hydroxyl groups is 2. The number of hydrazine groups is 1. The predicted molar refractivity (Wildman–Crippen MR) is 82.1 cm³/mol. The minimum absolute atomic E-state index is 0.524. The second-order valence-corrected chi connectivity index (χ2v) is 6.33. The fourth-order valence-electron chi connectivity index (χ4n) is 1.32. The van der Waals surface area contributed by atoms with Gasteiger partial charge in [0.2, 0.25) is 5.60 Å². The molecule has 0 fully saturated rings. The van der Waals surface area contributed by atoms with Gasteiger partial charge in [0.1, 0.15) is 18.2 Å². The number of esters is 1. The second kappa shape index (κ2) is 8.18. The molecule has 0 spiro atoms. The summed E-state index contributed by atoms with van der Waals surface area (Å²) in [6.45, 7) is 5.36. The van der Waals surface area contributed by atoms with E-state index >= 15 is 0 Å². The molecule has 24 heavy (non-hydrogen) atoms. The fourth-order valence-corrected chi connectivity index (χ4v) is 1.32. The SMILES string of the molecule is C[C@H](O)C(=O)NN(CC(=O)[C@](C)(O)C(=O)OC(C)(C)C)C(=O)CN. The number of ketones is 1. The summed E-state index contributed by atoms with van der Waals surface area (Å²) in [5.74, 6) is -4.09. The van der Waals surface area contributed by atoms with Crippen LogP contribution in [0.3, 0.4) is 0 Å². The summed E-state index contributed by atoms with van der Waals surface area (Å²) in [6.07, 6.45) is -1.44. The van der Waals surface area contributed by atoms with Gasteiger partial charge in [0.05, 0.1) is 6.54 Å². The van der Waals surface area contributed by atoms with Crippen LogP contribution in [0, 0.1) is 0 Å². The molecule has 0 aromatic carbocycles. The number of nitrogens with one attached hydrogen (secondary N) is 1.